The average Bonchev–Trinajstić information content (AvgIpc) is 3.26. The van der Waals surface area contributed by atoms with Crippen LogP contribution in [0.4, 0.5) is 0 Å². The van der Waals surface area contributed by atoms with Crippen LogP contribution in [0.3, 0.4) is 0 Å². The number of nitrogens with zero attached hydrogens (tertiary/aromatic N) is 5. The SMILES string of the molecule is COc1ccccc1-n1nc(CC(N)=O)nc1Cn1cnc2ccccc21. The molecule has 0 bridgehead atoms. The molecular formula is C19H18N6O2. The maximum absolute atomic E-state index is 11.3. The van der Waals surface area contributed by atoms with Gasteiger partial charge >= 0.3 is 0 Å². The third kappa shape index (κ3) is 3.24. The molecule has 4 rings (SSSR count). The van der Waals surface area contributed by atoms with Gasteiger partial charge in [0.25, 0.3) is 0 Å². The van der Waals surface area contributed by atoms with Crippen molar-refractivity contribution in [3.05, 3.63) is 66.5 Å². The van der Waals surface area contributed by atoms with Crippen LogP contribution in [0.2, 0.25) is 0 Å². The number of carbonyl (C=O) groups is 1. The molecule has 0 aliphatic heterocycles. The Bertz CT molecular complexity index is 1110. The number of imidazole rings is 1. The highest BCUT2D eigenvalue weighted by Gasteiger charge is 2.17. The number of methoxy groups -OCH3 is 1. The van der Waals surface area contributed by atoms with Crippen molar-refractivity contribution in [2.45, 2.75) is 13.0 Å². The van der Waals surface area contributed by atoms with Crippen LogP contribution in [0.25, 0.3) is 16.7 Å². The lowest BCUT2D eigenvalue weighted by Crippen LogP contribution is -2.14. The fraction of sp³-hybridized carbons (Fsp3) is 0.158. The third-order valence-corrected chi connectivity index (χ3v) is 4.20. The second-order valence-corrected chi connectivity index (χ2v) is 6.03. The van der Waals surface area contributed by atoms with Gasteiger partial charge in [0.2, 0.25) is 5.91 Å². The molecule has 0 aliphatic rings. The van der Waals surface area contributed by atoms with E-state index in [1.807, 2.05) is 53.1 Å². The van der Waals surface area contributed by atoms with E-state index in [1.54, 1.807) is 18.1 Å². The smallest absolute Gasteiger partial charge is 0.225 e. The van der Waals surface area contributed by atoms with Gasteiger partial charge in [-0.25, -0.2) is 14.6 Å². The predicted molar refractivity (Wildman–Crippen MR) is 99.6 cm³/mol. The van der Waals surface area contributed by atoms with Crippen molar-refractivity contribution in [1.29, 1.82) is 0 Å². The predicted octanol–water partition coefficient (Wildman–Crippen LogP) is 1.70. The first-order chi connectivity index (χ1) is 13.2. The monoisotopic (exact) mass is 362 g/mol. The Labute approximate surface area is 155 Å². The Morgan fingerprint density at radius 3 is 2.74 bits per heavy atom. The molecule has 1 amide bonds. The molecule has 2 aromatic heterocycles. The number of amides is 1. The van der Waals surface area contributed by atoms with Gasteiger partial charge in [0.05, 0.1) is 37.4 Å². The molecule has 4 aromatic rings. The number of hydrogen-bond acceptors (Lipinski definition) is 5. The highest BCUT2D eigenvalue weighted by Crippen LogP contribution is 2.23. The molecule has 0 fully saturated rings. The van der Waals surface area contributed by atoms with E-state index in [9.17, 15) is 4.79 Å². The molecule has 0 saturated carbocycles. The van der Waals surface area contributed by atoms with Crippen molar-refractivity contribution in [2.75, 3.05) is 7.11 Å². The fourth-order valence-corrected chi connectivity index (χ4v) is 3.01. The van der Waals surface area contributed by atoms with E-state index in [2.05, 4.69) is 15.1 Å². The van der Waals surface area contributed by atoms with Gasteiger partial charge in [-0.2, -0.15) is 5.10 Å². The molecule has 0 aliphatic carbocycles. The quantitative estimate of drug-likeness (QED) is 0.563. The Kier molecular flexibility index (Phi) is 4.29. The lowest BCUT2D eigenvalue weighted by molar-refractivity contribution is -0.117. The first-order valence-corrected chi connectivity index (χ1v) is 8.42. The number of primary amides is 1. The minimum atomic E-state index is -0.480. The van der Waals surface area contributed by atoms with Gasteiger partial charge in [-0.15, -0.1) is 0 Å². The molecule has 0 spiro atoms. The highest BCUT2D eigenvalue weighted by atomic mass is 16.5. The van der Waals surface area contributed by atoms with Crippen LogP contribution in [-0.2, 0) is 17.8 Å². The standard InChI is InChI=1S/C19H18N6O2/c1-27-16-9-5-4-8-15(16)25-19(22-18(23-25)10-17(20)26)11-24-12-21-13-6-2-3-7-14(13)24/h2-9,12H,10-11H2,1H3,(H2,20,26). The number of aromatic nitrogens is 5. The third-order valence-electron chi connectivity index (χ3n) is 4.20. The normalized spacial score (nSPS) is 11.0. The maximum Gasteiger partial charge on any atom is 0.225 e. The molecular weight excluding hydrogens is 344 g/mol. The first kappa shape index (κ1) is 16.8. The molecule has 2 aromatic carbocycles. The van der Waals surface area contributed by atoms with Gasteiger partial charge in [-0.1, -0.05) is 24.3 Å². The minimum absolute atomic E-state index is 0.0280. The van der Waals surface area contributed by atoms with E-state index in [-0.39, 0.29) is 6.42 Å². The zero-order valence-electron chi connectivity index (χ0n) is 14.7. The lowest BCUT2D eigenvalue weighted by Gasteiger charge is -2.11. The summed E-state index contributed by atoms with van der Waals surface area (Å²) in [5, 5.41) is 4.48. The number of ether oxygens (including phenoxy) is 1. The number of carbonyl (C=O) groups excluding carboxylic acids is 1. The topological polar surface area (TPSA) is 101 Å². The zero-order valence-corrected chi connectivity index (χ0v) is 14.7. The van der Waals surface area contributed by atoms with Gasteiger partial charge in [-0.05, 0) is 24.3 Å². The summed E-state index contributed by atoms with van der Waals surface area (Å²) in [6, 6.07) is 15.4. The molecule has 0 atom stereocenters. The van der Waals surface area contributed by atoms with Crippen molar-refractivity contribution >= 4 is 16.9 Å². The Balaban J connectivity index is 1.81. The summed E-state index contributed by atoms with van der Waals surface area (Å²) < 4.78 is 9.12. The van der Waals surface area contributed by atoms with Crippen LogP contribution in [-0.4, -0.2) is 37.3 Å². The summed E-state index contributed by atoms with van der Waals surface area (Å²) in [5.74, 6) is 1.20. The summed E-state index contributed by atoms with van der Waals surface area (Å²) in [7, 11) is 1.60. The van der Waals surface area contributed by atoms with Crippen LogP contribution < -0.4 is 10.5 Å². The largest absolute Gasteiger partial charge is 0.494 e. The summed E-state index contributed by atoms with van der Waals surface area (Å²) in [6.45, 7) is 0.435. The Morgan fingerprint density at radius 1 is 1.15 bits per heavy atom. The second-order valence-electron chi connectivity index (χ2n) is 6.03. The number of para-hydroxylation sites is 4. The molecule has 0 saturated heterocycles. The number of fused-ring (bicyclic) bond motifs is 1. The second kappa shape index (κ2) is 6.91. The van der Waals surface area contributed by atoms with Crippen LogP contribution in [0.15, 0.2) is 54.9 Å². The summed E-state index contributed by atoms with van der Waals surface area (Å²) in [4.78, 5) is 20.3. The molecule has 0 radical (unpaired) electrons. The molecule has 2 N–H and O–H groups in total. The fourth-order valence-electron chi connectivity index (χ4n) is 3.01. The Hall–Kier alpha value is -3.68. The van der Waals surface area contributed by atoms with E-state index in [1.165, 1.54) is 0 Å². The first-order valence-electron chi connectivity index (χ1n) is 8.42. The van der Waals surface area contributed by atoms with E-state index in [0.29, 0.717) is 23.9 Å². The lowest BCUT2D eigenvalue weighted by atomic mass is 10.3. The number of hydrogen-bond donors (Lipinski definition) is 1. The number of nitrogens with two attached hydrogens (primary N) is 1. The molecule has 2 heterocycles. The molecule has 8 nitrogen and oxygen atoms in total. The van der Waals surface area contributed by atoms with Crippen LogP contribution in [0.1, 0.15) is 11.6 Å². The van der Waals surface area contributed by atoms with Crippen LogP contribution >= 0.6 is 0 Å². The molecule has 8 heteroatoms. The van der Waals surface area contributed by atoms with E-state index >= 15 is 0 Å². The summed E-state index contributed by atoms with van der Waals surface area (Å²) in [5.41, 5.74) is 7.95. The van der Waals surface area contributed by atoms with Crippen molar-refractivity contribution in [3.63, 3.8) is 0 Å². The maximum atomic E-state index is 11.3. The van der Waals surface area contributed by atoms with Crippen LogP contribution in [0.5, 0.6) is 5.75 Å². The van der Waals surface area contributed by atoms with Gasteiger partial charge in [0.15, 0.2) is 11.6 Å². The molecule has 136 valence electrons. The van der Waals surface area contributed by atoms with E-state index in [4.69, 9.17) is 10.5 Å². The van der Waals surface area contributed by atoms with Gasteiger partial charge in [-0.3, -0.25) is 4.79 Å². The minimum Gasteiger partial charge on any atom is -0.494 e. The highest BCUT2D eigenvalue weighted by molar-refractivity contribution is 5.76. The molecule has 0 unspecified atom stereocenters. The average molecular weight is 362 g/mol. The summed E-state index contributed by atoms with van der Waals surface area (Å²) in [6.07, 6.45) is 1.74. The van der Waals surface area contributed by atoms with Crippen LogP contribution in [0, 0.1) is 0 Å². The summed E-state index contributed by atoms with van der Waals surface area (Å²) >= 11 is 0. The van der Waals surface area contributed by atoms with Gasteiger partial charge < -0.3 is 15.0 Å². The van der Waals surface area contributed by atoms with Crippen molar-refractivity contribution in [1.82, 2.24) is 24.3 Å². The van der Waals surface area contributed by atoms with E-state index < -0.39 is 5.91 Å². The molecule has 27 heavy (non-hydrogen) atoms. The van der Waals surface area contributed by atoms with Crippen molar-refractivity contribution in [2.24, 2.45) is 5.73 Å². The zero-order chi connectivity index (χ0) is 18.8. The van der Waals surface area contributed by atoms with Gasteiger partial charge in [0.1, 0.15) is 11.4 Å². The Morgan fingerprint density at radius 2 is 1.93 bits per heavy atom. The van der Waals surface area contributed by atoms with Gasteiger partial charge in [0, 0.05) is 0 Å². The van der Waals surface area contributed by atoms with Crippen molar-refractivity contribution < 1.29 is 9.53 Å². The van der Waals surface area contributed by atoms with Crippen molar-refractivity contribution in [3.8, 4) is 11.4 Å². The number of benzene rings is 2. The number of rotatable bonds is 6. The van der Waals surface area contributed by atoms with E-state index in [0.717, 1.165) is 16.7 Å².